The van der Waals surface area contributed by atoms with Crippen molar-refractivity contribution in [2.75, 3.05) is 26.7 Å². The number of hydrogen-bond donors (Lipinski definition) is 2. The van der Waals surface area contributed by atoms with Gasteiger partial charge in [0.2, 0.25) is 0 Å². The zero-order valence-corrected chi connectivity index (χ0v) is 18.3. The molecule has 0 bridgehead atoms. The summed E-state index contributed by atoms with van der Waals surface area (Å²) in [5.41, 5.74) is 1.22. The molecule has 0 spiro atoms. The van der Waals surface area contributed by atoms with Crippen molar-refractivity contribution in [3.63, 3.8) is 0 Å². The summed E-state index contributed by atoms with van der Waals surface area (Å²) < 4.78 is 5.73. The van der Waals surface area contributed by atoms with Crippen LogP contribution >= 0.6 is 11.3 Å². The van der Waals surface area contributed by atoms with Crippen molar-refractivity contribution in [3.05, 3.63) is 40.2 Å². The molecule has 1 unspecified atom stereocenters. The van der Waals surface area contributed by atoms with Crippen molar-refractivity contribution in [3.8, 4) is 0 Å². The standard InChI is InChI=1S/C21H33N5OS/c1-21(2,3)18-15-28-19(25-18)14-24-20(22-4)23-13-16(17-9-8-12-27-17)26-10-6-5-7-11-26/h8-9,12,15-16H,5-7,10-11,13-14H2,1-4H3,(H2,22,23,24). The molecule has 2 aromatic rings. The molecule has 0 aromatic carbocycles. The molecular weight excluding hydrogens is 370 g/mol. The smallest absolute Gasteiger partial charge is 0.191 e. The lowest BCUT2D eigenvalue weighted by Crippen LogP contribution is -2.44. The first kappa shape index (κ1) is 20.9. The van der Waals surface area contributed by atoms with E-state index in [-0.39, 0.29) is 11.5 Å². The van der Waals surface area contributed by atoms with Crippen LogP contribution in [0.25, 0.3) is 0 Å². The monoisotopic (exact) mass is 403 g/mol. The topological polar surface area (TPSA) is 65.7 Å². The molecule has 28 heavy (non-hydrogen) atoms. The molecule has 3 heterocycles. The zero-order chi connectivity index (χ0) is 20.0. The van der Waals surface area contributed by atoms with Crippen molar-refractivity contribution in [2.45, 2.75) is 58.0 Å². The van der Waals surface area contributed by atoms with Crippen LogP contribution < -0.4 is 10.6 Å². The number of hydrogen-bond acceptors (Lipinski definition) is 5. The molecule has 2 N–H and O–H groups in total. The van der Waals surface area contributed by atoms with Crippen LogP contribution in [0.5, 0.6) is 0 Å². The van der Waals surface area contributed by atoms with Gasteiger partial charge in [0.25, 0.3) is 0 Å². The summed E-state index contributed by atoms with van der Waals surface area (Å²) in [4.78, 5) is 11.6. The predicted molar refractivity (Wildman–Crippen MR) is 116 cm³/mol. The van der Waals surface area contributed by atoms with Gasteiger partial charge in [-0.1, -0.05) is 27.2 Å². The highest BCUT2D eigenvalue weighted by molar-refractivity contribution is 7.09. The van der Waals surface area contributed by atoms with Crippen molar-refractivity contribution in [2.24, 2.45) is 4.99 Å². The maximum atomic E-state index is 5.73. The van der Waals surface area contributed by atoms with Crippen LogP contribution in [-0.2, 0) is 12.0 Å². The summed E-state index contributed by atoms with van der Waals surface area (Å²) in [7, 11) is 1.81. The normalized spacial score (nSPS) is 17.5. The summed E-state index contributed by atoms with van der Waals surface area (Å²) in [5.74, 6) is 1.81. The van der Waals surface area contributed by atoms with Gasteiger partial charge in [0.1, 0.15) is 10.8 Å². The van der Waals surface area contributed by atoms with E-state index in [1.54, 1.807) is 24.6 Å². The molecular formula is C21H33N5OS. The Morgan fingerprint density at radius 3 is 2.68 bits per heavy atom. The highest BCUT2D eigenvalue weighted by atomic mass is 32.1. The molecule has 1 saturated heterocycles. The maximum absolute atomic E-state index is 5.73. The molecule has 0 aliphatic carbocycles. The third kappa shape index (κ3) is 5.58. The molecule has 1 aliphatic heterocycles. The highest BCUT2D eigenvalue weighted by Crippen LogP contribution is 2.25. The molecule has 0 radical (unpaired) electrons. The summed E-state index contributed by atoms with van der Waals surface area (Å²) in [6.45, 7) is 10.2. The molecule has 1 aliphatic rings. The van der Waals surface area contributed by atoms with Gasteiger partial charge in [0.15, 0.2) is 5.96 Å². The van der Waals surface area contributed by atoms with E-state index < -0.39 is 0 Å². The number of guanidine groups is 1. The first-order valence-electron chi connectivity index (χ1n) is 10.1. The van der Waals surface area contributed by atoms with Crippen LogP contribution in [0.2, 0.25) is 0 Å². The van der Waals surface area contributed by atoms with Crippen molar-refractivity contribution >= 4 is 17.3 Å². The van der Waals surface area contributed by atoms with Gasteiger partial charge in [-0.3, -0.25) is 9.89 Å². The van der Waals surface area contributed by atoms with Gasteiger partial charge in [-0.05, 0) is 38.1 Å². The Morgan fingerprint density at radius 2 is 2.07 bits per heavy atom. The molecule has 2 aromatic heterocycles. The van der Waals surface area contributed by atoms with Crippen LogP contribution in [0.4, 0.5) is 0 Å². The summed E-state index contributed by atoms with van der Waals surface area (Å²) >= 11 is 1.69. The Morgan fingerprint density at radius 1 is 1.29 bits per heavy atom. The molecule has 0 amide bonds. The fourth-order valence-corrected chi connectivity index (χ4v) is 4.39. The lowest BCUT2D eigenvalue weighted by atomic mass is 9.93. The Hall–Kier alpha value is -1.86. The van der Waals surface area contributed by atoms with Gasteiger partial charge in [-0.25, -0.2) is 4.98 Å². The lowest BCUT2D eigenvalue weighted by molar-refractivity contribution is 0.146. The quantitative estimate of drug-likeness (QED) is 0.565. The number of aromatic nitrogens is 1. The Labute approximate surface area is 172 Å². The van der Waals surface area contributed by atoms with Gasteiger partial charge in [-0.2, -0.15) is 0 Å². The van der Waals surface area contributed by atoms with Gasteiger partial charge >= 0.3 is 0 Å². The molecule has 7 heteroatoms. The number of likely N-dealkylation sites (tertiary alicyclic amines) is 1. The molecule has 1 fully saturated rings. The van der Waals surface area contributed by atoms with E-state index in [4.69, 9.17) is 9.40 Å². The summed E-state index contributed by atoms with van der Waals surface area (Å²) in [6, 6.07) is 4.26. The van der Waals surface area contributed by atoms with E-state index >= 15 is 0 Å². The number of rotatable bonds is 6. The second-order valence-electron chi connectivity index (χ2n) is 8.31. The van der Waals surface area contributed by atoms with Crippen molar-refractivity contribution in [1.29, 1.82) is 0 Å². The molecule has 1 atom stereocenters. The Bertz CT molecular complexity index is 741. The second kappa shape index (κ2) is 9.56. The largest absolute Gasteiger partial charge is 0.468 e. The molecule has 0 saturated carbocycles. The van der Waals surface area contributed by atoms with Crippen LogP contribution in [0.1, 0.15) is 62.5 Å². The number of nitrogens with one attached hydrogen (secondary N) is 2. The number of piperidine rings is 1. The molecule has 154 valence electrons. The average molecular weight is 404 g/mol. The fourth-order valence-electron chi connectivity index (χ4n) is 3.43. The first-order valence-corrected chi connectivity index (χ1v) is 11.0. The van der Waals surface area contributed by atoms with Crippen LogP contribution in [0.15, 0.2) is 33.2 Å². The van der Waals surface area contributed by atoms with Crippen LogP contribution in [0.3, 0.4) is 0 Å². The van der Waals surface area contributed by atoms with E-state index in [0.717, 1.165) is 42.1 Å². The van der Waals surface area contributed by atoms with Gasteiger partial charge in [0.05, 0.1) is 24.5 Å². The summed E-state index contributed by atoms with van der Waals surface area (Å²) in [6.07, 6.45) is 5.59. The SMILES string of the molecule is CN=C(NCc1nc(C(C)(C)C)cs1)NCC(c1ccco1)N1CCCCC1. The van der Waals surface area contributed by atoms with Gasteiger partial charge in [0, 0.05) is 24.4 Å². The number of aliphatic imine (C=N–C) groups is 1. The number of nitrogens with zero attached hydrogens (tertiary/aromatic N) is 3. The zero-order valence-electron chi connectivity index (χ0n) is 17.5. The van der Waals surface area contributed by atoms with E-state index in [1.807, 2.05) is 6.07 Å². The maximum Gasteiger partial charge on any atom is 0.191 e. The molecule has 3 rings (SSSR count). The Kier molecular flexibility index (Phi) is 7.13. The first-order chi connectivity index (χ1) is 13.5. The third-order valence-corrected chi connectivity index (χ3v) is 5.97. The Balaban J connectivity index is 1.56. The third-order valence-electron chi connectivity index (χ3n) is 5.12. The fraction of sp³-hybridized carbons (Fsp3) is 0.619. The number of thiazole rings is 1. The van der Waals surface area contributed by atoms with E-state index in [1.165, 1.54) is 19.3 Å². The number of furan rings is 1. The van der Waals surface area contributed by atoms with Gasteiger partial charge in [-0.15, -0.1) is 11.3 Å². The van der Waals surface area contributed by atoms with E-state index in [2.05, 4.69) is 52.7 Å². The lowest BCUT2D eigenvalue weighted by Gasteiger charge is -2.33. The minimum absolute atomic E-state index is 0.0827. The average Bonchev–Trinajstić information content (AvgIpc) is 3.37. The van der Waals surface area contributed by atoms with Crippen LogP contribution in [0, 0.1) is 0 Å². The minimum Gasteiger partial charge on any atom is -0.468 e. The van der Waals surface area contributed by atoms with Crippen molar-refractivity contribution in [1.82, 2.24) is 20.5 Å². The minimum atomic E-state index is 0.0827. The van der Waals surface area contributed by atoms with Crippen LogP contribution in [-0.4, -0.2) is 42.5 Å². The predicted octanol–water partition coefficient (Wildman–Crippen LogP) is 3.93. The van der Waals surface area contributed by atoms with E-state index in [0.29, 0.717) is 6.54 Å². The highest BCUT2D eigenvalue weighted by Gasteiger charge is 2.24. The van der Waals surface area contributed by atoms with Crippen molar-refractivity contribution < 1.29 is 4.42 Å². The molecule has 6 nitrogen and oxygen atoms in total. The second-order valence-corrected chi connectivity index (χ2v) is 9.25. The van der Waals surface area contributed by atoms with Gasteiger partial charge < -0.3 is 15.1 Å². The summed E-state index contributed by atoms with van der Waals surface area (Å²) in [5, 5.41) is 10.1. The van der Waals surface area contributed by atoms with E-state index in [9.17, 15) is 0 Å².